The number of benzene rings is 1. The lowest BCUT2D eigenvalue weighted by Gasteiger charge is -2.44. The first kappa shape index (κ1) is 11.2. The van der Waals surface area contributed by atoms with Crippen LogP contribution in [-0.2, 0) is 14.0 Å². The Morgan fingerprint density at radius 2 is 1.88 bits per heavy atom. The average Bonchev–Trinajstić information content (AvgIpc) is 2.35. The second-order valence-electron chi connectivity index (χ2n) is 4.23. The maximum absolute atomic E-state index is 9.83. The lowest BCUT2D eigenvalue weighted by molar-refractivity contribution is -0.265. The van der Waals surface area contributed by atoms with E-state index in [1.165, 1.54) is 0 Å². The number of aliphatic hydroxyl groups is 2. The van der Waals surface area contributed by atoms with E-state index in [9.17, 15) is 10.2 Å². The monoisotopic (exact) mass is 236 g/mol. The number of fused-ring (bicyclic) bond motifs is 2. The van der Waals surface area contributed by atoms with Gasteiger partial charge < -0.3 is 24.3 Å². The van der Waals surface area contributed by atoms with Gasteiger partial charge in [-0.05, 0) is 5.46 Å². The van der Waals surface area contributed by atoms with Crippen molar-refractivity contribution in [3.05, 3.63) is 30.3 Å². The standard InChI is InChI=1S/C11H13BO5/c13-9-8-6-15-11(14)10(9)17-12(16-8)7-4-2-1-3-5-7/h1-5,8-11,13-14H,6H2/t8-,9?,10-,11+/m0/s1. The van der Waals surface area contributed by atoms with Gasteiger partial charge in [-0.25, -0.2) is 0 Å². The molecule has 1 aromatic carbocycles. The number of hydrogen-bond acceptors (Lipinski definition) is 5. The molecule has 1 unspecified atom stereocenters. The molecule has 2 saturated heterocycles. The molecule has 0 aromatic heterocycles. The molecule has 17 heavy (non-hydrogen) atoms. The first-order chi connectivity index (χ1) is 8.25. The molecule has 0 amide bonds. The Balaban J connectivity index is 1.82. The minimum Gasteiger partial charge on any atom is -0.399 e. The lowest BCUT2D eigenvalue weighted by atomic mass is 9.76. The van der Waals surface area contributed by atoms with Crippen molar-refractivity contribution in [1.82, 2.24) is 0 Å². The molecule has 2 aliphatic heterocycles. The number of ether oxygens (including phenoxy) is 1. The minimum absolute atomic E-state index is 0.172. The van der Waals surface area contributed by atoms with Crippen molar-refractivity contribution in [2.75, 3.05) is 6.61 Å². The van der Waals surface area contributed by atoms with E-state index in [1.54, 1.807) is 0 Å². The molecule has 4 atom stereocenters. The van der Waals surface area contributed by atoms with Crippen LogP contribution in [0.2, 0.25) is 0 Å². The van der Waals surface area contributed by atoms with Crippen molar-refractivity contribution in [2.24, 2.45) is 0 Å². The van der Waals surface area contributed by atoms with Gasteiger partial charge in [-0.2, -0.15) is 0 Å². The summed E-state index contributed by atoms with van der Waals surface area (Å²) in [5.74, 6) is 0. The first-order valence-electron chi connectivity index (χ1n) is 5.59. The molecule has 2 aliphatic rings. The topological polar surface area (TPSA) is 68.2 Å². The fourth-order valence-electron chi connectivity index (χ4n) is 2.14. The molecule has 1 aromatic rings. The minimum atomic E-state index is -1.10. The zero-order chi connectivity index (χ0) is 11.8. The summed E-state index contributed by atoms with van der Waals surface area (Å²) in [7, 11) is -0.562. The quantitative estimate of drug-likeness (QED) is 0.604. The van der Waals surface area contributed by atoms with Gasteiger partial charge in [0, 0.05) is 0 Å². The highest BCUT2D eigenvalue weighted by Crippen LogP contribution is 2.25. The van der Waals surface area contributed by atoms with Gasteiger partial charge in [-0.15, -0.1) is 0 Å². The largest absolute Gasteiger partial charge is 0.494 e. The maximum Gasteiger partial charge on any atom is 0.494 e. The van der Waals surface area contributed by atoms with Crippen molar-refractivity contribution < 1.29 is 24.3 Å². The molecule has 90 valence electrons. The Morgan fingerprint density at radius 1 is 1.12 bits per heavy atom. The Morgan fingerprint density at radius 3 is 2.65 bits per heavy atom. The number of hydrogen-bond donors (Lipinski definition) is 2. The Kier molecular flexibility index (Phi) is 2.90. The third kappa shape index (κ3) is 1.98. The van der Waals surface area contributed by atoms with Crippen LogP contribution in [0.15, 0.2) is 30.3 Å². The summed E-state index contributed by atoms with van der Waals surface area (Å²) in [5, 5.41) is 19.4. The van der Waals surface area contributed by atoms with Gasteiger partial charge in [-0.1, -0.05) is 30.3 Å². The maximum atomic E-state index is 9.83. The van der Waals surface area contributed by atoms with Crippen LogP contribution in [0.3, 0.4) is 0 Å². The third-order valence-corrected chi connectivity index (χ3v) is 3.08. The van der Waals surface area contributed by atoms with Crippen LogP contribution in [0.5, 0.6) is 0 Å². The Hall–Kier alpha value is -0.915. The van der Waals surface area contributed by atoms with Crippen molar-refractivity contribution in [1.29, 1.82) is 0 Å². The zero-order valence-electron chi connectivity index (χ0n) is 9.10. The van der Waals surface area contributed by atoms with Crippen LogP contribution in [0, 0.1) is 0 Å². The summed E-state index contributed by atoms with van der Waals surface area (Å²) < 4.78 is 16.2. The summed E-state index contributed by atoms with van der Waals surface area (Å²) >= 11 is 0. The normalized spacial score (nSPS) is 36.9. The first-order valence-corrected chi connectivity index (χ1v) is 5.59. The molecule has 6 heteroatoms. The van der Waals surface area contributed by atoms with Crippen molar-refractivity contribution in [3.8, 4) is 0 Å². The van der Waals surface area contributed by atoms with E-state index >= 15 is 0 Å². The van der Waals surface area contributed by atoms with Crippen LogP contribution >= 0.6 is 0 Å². The fourth-order valence-corrected chi connectivity index (χ4v) is 2.14. The Bertz CT molecular complexity index is 387. The number of aliphatic hydroxyl groups excluding tert-OH is 2. The highest BCUT2D eigenvalue weighted by molar-refractivity contribution is 6.61. The third-order valence-electron chi connectivity index (χ3n) is 3.08. The van der Waals surface area contributed by atoms with E-state index in [2.05, 4.69) is 0 Å². The van der Waals surface area contributed by atoms with E-state index in [1.807, 2.05) is 30.3 Å². The van der Waals surface area contributed by atoms with Crippen molar-refractivity contribution in [3.63, 3.8) is 0 Å². The van der Waals surface area contributed by atoms with E-state index in [-0.39, 0.29) is 6.61 Å². The second-order valence-corrected chi connectivity index (χ2v) is 4.23. The molecule has 0 radical (unpaired) electrons. The van der Waals surface area contributed by atoms with E-state index in [0.717, 1.165) is 5.46 Å². The number of rotatable bonds is 1. The van der Waals surface area contributed by atoms with Gasteiger partial charge >= 0.3 is 7.12 Å². The lowest BCUT2D eigenvalue weighted by Crippen LogP contribution is -2.64. The van der Waals surface area contributed by atoms with Gasteiger partial charge in [0.15, 0.2) is 6.29 Å². The Labute approximate surface area is 99.1 Å². The van der Waals surface area contributed by atoms with Crippen LogP contribution in [-0.4, -0.2) is 48.5 Å². The van der Waals surface area contributed by atoms with Crippen molar-refractivity contribution >= 4 is 12.6 Å². The second kappa shape index (κ2) is 4.40. The summed E-state index contributed by atoms with van der Waals surface area (Å²) in [4.78, 5) is 0. The molecule has 5 nitrogen and oxygen atoms in total. The van der Waals surface area contributed by atoms with Gasteiger partial charge in [0.25, 0.3) is 0 Å². The molecule has 0 aliphatic carbocycles. The molecule has 3 rings (SSSR count). The fraction of sp³-hybridized carbons (Fsp3) is 0.455. The predicted molar refractivity (Wildman–Crippen MR) is 59.5 cm³/mol. The predicted octanol–water partition coefficient (Wildman–Crippen LogP) is -1.12. The van der Waals surface area contributed by atoms with Gasteiger partial charge in [-0.3, -0.25) is 0 Å². The smallest absolute Gasteiger partial charge is 0.399 e. The SMILES string of the molecule is OC1[C@@H]2CO[C@@H](O)[C@H]1OB(c1ccccc1)O2. The molecule has 2 bridgehead atoms. The molecule has 2 heterocycles. The summed E-state index contributed by atoms with van der Waals surface area (Å²) in [6.07, 6.45) is -3.16. The highest BCUT2D eigenvalue weighted by atomic mass is 16.7. The van der Waals surface area contributed by atoms with Crippen LogP contribution < -0.4 is 5.46 Å². The zero-order valence-corrected chi connectivity index (χ0v) is 9.10. The highest BCUT2D eigenvalue weighted by Gasteiger charge is 2.48. The molecular weight excluding hydrogens is 223 g/mol. The van der Waals surface area contributed by atoms with Crippen molar-refractivity contribution in [2.45, 2.75) is 24.6 Å². The molecule has 2 fully saturated rings. The summed E-state index contributed by atoms with van der Waals surface area (Å²) in [6.45, 7) is 0.172. The average molecular weight is 236 g/mol. The molecule has 0 saturated carbocycles. The molecular formula is C11H13BO5. The molecule has 0 spiro atoms. The summed E-state index contributed by atoms with van der Waals surface area (Å²) in [5.41, 5.74) is 0.864. The van der Waals surface area contributed by atoms with Gasteiger partial charge in [0.05, 0.1) is 12.7 Å². The van der Waals surface area contributed by atoms with Gasteiger partial charge in [0.2, 0.25) is 0 Å². The van der Waals surface area contributed by atoms with Gasteiger partial charge in [0.1, 0.15) is 12.2 Å². The van der Waals surface area contributed by atoms with Crippen LogP contribution in [0.1, 0.15) is 0 Å². The van der Waals surface area contributed by atoms with E-state index < -0.39 is 31.7 Å². The van der Waals surface area contributed by atoms with Crippen LogP contribution in [0.4, 0.5) is 0 Å². The summed E-state index contributed by atoms with van der Waals surface area (Å²) in [6, 6.07) is 9.43. The van der Waals surface area contributed by atoms with Crippen LogP contribution in [0.25, 0.3) is 0 Å². The van der Waals surface area contributed by atoms with E-state index in [4.69, 9.17) is 14.0 Å². The molecule has 2 N–H and O–H groups in total. The van der Waals surface area contributed by atoms with E-state index in [0.29, 0.717) is 0 Å².